The molecule has 3 fully saturated rings. The van der Waals surface area contributed by atoms with E-state index in [1.165, 1.54) is 83.5 Å². The fraction of sp³-hybridized carbons (Fsp3) is 0.943. The molecule has 2 heteroatoms. The van der Waals surface area contributed by atoms with Gasteiger partial charge in [0.15, 0.2) is 0 Å². The first-order chi connectivity index (χ1) is 17.8. The number of ether oxygens (including phenoxy) is 2. The predicted molar refractivity (Wildman–Crippen MR) is 158 cm³/mol. The van der Waals surface area contributed by atoms with Crippen molar-refractivity contribution in [1.82, 2.24) is 0 Å². The Kier molecular flexibility index (Phi) is 10.7. The number of hydrogen-bond donors (Lipinski definition) is 0. The van der Waals surface area contributed by atoms with E-state index in [9.17, 15) is 0 Å². The lowest BCUT2D eigenvalue weighted by molar-refractivity contribution is -0.0536. The second kappa shape index (κ2) is 13.3. The standard InChI is InChI=1S/C35H62O2/c1-7-8-21-36-23-24-37-22-18-28-16-19-34(5)29(25-28)12-13-30-32-15-14-31(27(4)11-9-10-26(2)3)35(32,6)20-17-33(30)34/h12,26-28,30-33H,7-11,13-25H2,1-6H3. The minimum atomic E-state index is 0.482. The van der Waals surface area contributed by atoms with Crippen LogP contribution >= 0.6 is 0 Å². The van der Waals surface area contributed by atoms with Gasteiger partial charge < -0.3 is 9.47 Å². The van der Waals surface area contributed by atoms with E-state index in [1.54, 1.807) is 0 Å². The highest BCUT2D eigenvalue weighted by molar-refractivity contribution is 5.25. The first kappa shape index (κ1) is 29.6. The summed E-state index contributed by atoms with van der Waals surface area (Å²) in [6, 6.07) is 0. The van der Waals surface area contributed by atoms with Crippen molar-refractivity contribution in [3.05, 3.63) is 11.6 Å². The lowest BCUT2D eigenvalue weighted by Crippen LogP contribution is -2.50. The monoisotopic (exact) mass is 514 g/mol. The third kappa shape index (κ3) is 6.70. The fourth-order valence-corrected chi connectivity index (χ4v) is 9.83. The quantitative estimate of drug-likeness (QED) is 0.170. The summed E-state index contributed by atoms with van der Waals surface area (Å²) in [4.78, 5) is 0. The van der Waals surface area contributed by atoms with Gasteiger partial charge in [0.2, 0.25) is 0 Å². The molecule has 3 saturated carbocycles. The van der Waals surface area contributed by atoms with Gasteiger partial charge in [-0.1, -0.05) is 78.9 Å². The largest absolute Gasteiger partial charge is 0.379 e. The molecule has 0 spiro atoms. The Hall–Kier alpha value is -0.340. The molecule has 0 bridgehead atoms. The summed E-state index contributed by atoms with van der Waals surface area (Å²) < 4.78 is 11.6. The van der Waals surface area contributed by atoms with Crippen molar-refractivity contribution >= 4 is 0 Å². The summed E-state index contributed by atoms with van der Waals surface area (Å²) in [6.45, 7) is 18.3. The zero-order valence-corrected chi connectivity index (χ0v) is 25.7. The van der Waals surface area contributed by atoms with Gasteiger partial charge in [-0.3, -0.25) is 0 Å². The molecule has 8 atom stereocenters. The molecule has 0 saturated heterocycles. The van der Waals surface area contributed by atoms with Gasteiger partial charge in [-0.15, -0.1) is 0 Å². The molecule has 0 amide bonds. The second-order valence-corrected chi connectivity index (χ2v) is 14.8. The van der Waals surface area contributed by atoms with Crippen molar-refractivity contribution < 1.29 is 9.47 Å². The second-order valence-electron chi connectivity index (χ2n) is 14.8. The average molecular weight is 515 g/mol. The van der Waals surface area contributed by atoms with Gasteiger partial charge in [0.05, 0.1) is 13.2 Å². The van der Waals surface area contributed by atoms with Crippen LogP contribution in [0.2, 0.25) is 0 Å². The third-order valence-corrected chi connectivity index (χ3v) is 12.1. The maximum absolute atomic E-state index is 5.94. The van der Waals surface area contributed by atoms with Gasteiger partial charge in [0, 0.05) is 13.2 Å². The van der Waals surface area contributed by atoms with Crippen LogP contribution in [-0.4, -0.2) is 26.4 Å². The predicted octanol–water partition coefficient (Wildman–Crippen LogP) is 9.87. The van der Waals surface area contributed by atoms with Gasteiger partial charge in [0.25, 0.3) is 0 Å². The van der Waals surface area contributed by atoms with Crippen LogP contribution in [0.4, 0.5) is 0 Å². The number of hydrogen-bond acceptors (Lipinski definition) is 2. The summed E-state index contributed by atoms with van der Waals surface area (Å²) in [7, 11) is 0. The molecule has 4 aliphatic rings. The molecule has 0 heterocycles. The van der Waals surface area contributed by atoms with Gasteiger partial charge >= 0.3 is 0 Å². The van der Waals surface area contributed by atoms with Crippen LogP contribution in [0.3, 0.4) is 0 Å². The lowest BCUT2D eigenvalue weighted by atomic mass is 9.46. The summed E-state index contributed by atoms with van der Waals surface area (Å²) in [6.07, 6.45) is 22.2. The average Bonchev–Trinajstić information content (AvgIpc) is 3.22. The molecular weight excluding hydrogens is 452 g/mol. The van der Waals surface area contributed by atoms with Crippen LogP contribution in [0.5, 0.6) is 0 Å². The van der Waals surface area contributed by atoms with Gasteiger partial charge in [-0.05, 0) is 116 Å². The first-order valence-corrected chi connectivity index (χ1v) is 16.6. The summed E-state index contributed by atoms with van der Waals surface area (Å²) in [5.41, 5.74) is 2.93. The Bertz CT molecular complexity index is 727. The smallest absolute Gasteiger partial charge is 0.0700 e. The Morgan fingerprint density at radius 3 is 2.41 bits per heavy atom. The van der Waals surface area contributed by atoms with Crippen LogP contribution in [0, 0.1) is 52.3 Å². The summed E-state index contributed by atoms with van der Waals surface area (Å²) in [5.74, 6) is 6.44. The topological polar surface area (TPSA) is 18.5 Å². The van der Waals surface area contributed by atoms with E-state index in [1.807, 2.05) is 5.57 Å². The molecule has 8 unspecified atom stereocenters. The summed E-state index contributed by atoms with van der Waals surface area (Å²) in [5, 5.41) is 0. The zero-order valence-electron chi connectivity index (χ0n) is 25.7. The molecule has 4 rings (SSSR count). The molecule has 0 radical (unpaired) electrons. The Morgan fingerprint density at radius 1 is 0.865 bits per heavy atom. The zero-order chi connectivity index (χ0) is 26.5. The molecule has 0 aromatic carbocycles. The lowest BCUT2D eigenvalue weighted by Gasteiger charge is -2.58. The van der Waals surface area contributed by atoms with E-state index in [0.717, 1.165) is 74.3 Å². The highest BCUT2D eigenvalue weighted by Crippen LogP contribution is 2.67. The molecule has 2 nitrogen and oxygen atoms in total. The van der Waals surface area contributed by atoms with Crippen molar-refractivity contribution in [2.45, 2.75) is 131 Å². The maximum Gasteiger partial charge on any atom is 0.0700 e. The molecule has 0 aromatic rings. The summed E-state index contributed by atoms with van der Waals surface area (Å²) >= 11 is 0. The molecular formula is C35H62O2. The van der Waals surface area contributed by atoms with Crippen LogP contribution in [0.1, 0.15) is 131 Å². The fourth-order valence-electron chi connectivity index (χ4n) is 9.83. The van der Waals surface area contributed by atoms with E-state index < -0.39 is 0 Å². The Labute approximate surface area is 231 Å². The van der Waals surface area contributed by atoms with Crippen molar-refractivity contribution in [3.63, 3.8) is 0 Å². The number of allylic oxidation sites excluding steroid dienone is 2. The Morgan fingerprint density at radius 2 is 1.65 bits per heavy atom. The van der Waals surface area contributed by atoms with E-state index in [2.05, 4.69) is 47.6 Å². The number of rotatable bonds is 14. The minimum absolute atomic E-state index is 0.482. The molecule has 214 valence electrons. The van der Waals surface area contributed by atoms with Crippen LogP contribution < -0.4 is 0 Å². The molecule has 37 heavy (non-hydrogen) atoms. The molecule has 0 aromatic heterocycles. The normalized spacial score (nSPS) is 38.1. The van der Waals surface area contributed by atoms with Crippen LogP contribution in [0.25, 0.3) is 0 Å². The molecule has 4 aliphatic carbocycles. The molecule has 0 aliphatic heterocycles. The Balaban J connectivity index is 1.29. The SMILES string of the molecule is CCCCOCCOCCC1CCC2(C)C(=CCC3C2CCC2(C)C(C(C)CCCC(C)C)CCC32)C1. The van der Waals surface area contributed by atoms with Gasteiger partial charge in [0.1, 0.15) is 0 Å². The minimum Gasteiger partial charge on any atom is -0.379 e. The van der Waals surface area contributed by atoms with E-state index in [4.69, 9.17) is 9.47 Å². The molecule has 0 N–H and O–H groups in total. The van der Waals surface area contributed by atoms with Crippen molar-refractivity contribution in [3.8, 4) is 0 Å². The highest BCUT2D eigenvalue weighted by Gasteiger charge is 2.59. The van der Waals surface area contributed by atoms with Crippen molar-refractivity contribution in [2.75, 3.05) is 26.4 Å². The van der Waals surface area contributed by atoms with Crippen LogP contribution in [0.15, 0.2) is 11.6 Å². The number of unbranched alkanes of at least 4 members (excludes halogenated alkanes) is 1. The van der Waals surface area contributed by atoms with E-state index in [0.29, 0.717) is 10.8 Å². The van der Waals surface area contributed by atoms with E-state index in [-0.39, 0.29) is 0 Å². The highest BCUT2D eigenvalue weighted by atomic mass is 16.5. The van der Waals surface area contributed by atoms with Gasteiger partial charge in [-0.25, -0.2) is 0 Å². The third-order valence-electron chi connectivity index (χ3n) is 12.1. The number of fused-ring (bicyclic) bond motifs is 5. The van der Waals surface area contributed by atoms with Crippen LogP contribution in [-0.2, 0) is 9.47 Å². The van der Waals surface area contributed by atoms with Gasteiger partial charge in [-0.2, -0.15) is 0 Å². The van der Waals surface area contributed by atoms with Crippen molar-refractivity contribution in [2.24, 2.45) is 52.3 Å². The van der Waals surface area contributed by atoms with E-state index >= 15 is 0 Å². The van der Waals surface area contributed by atoms with Crippen molar-refractivity contribution in [1.29, 1.82) is 0 Å². The maximum atomic E-state index is 5.94. The first-order valence-electron chi connectivity index (χ1n) is 16.6.